The van der Waals surface area contributed by atoms with E-state index in [-0.39, 0.29) is 24.7 Å². The first-order valence-electron chi connectivity index (χ1n) is 7.82. The van der Waals surface area contributed by atoms with Crippen molar-refractivity contribution in [1.29, 1.82) is 0 Å². The van der Waals surface area contributed by atoms with Crippen LogP contribution in [-0.4, -0.2) is 24.9 Å². The fraction of sp³-hybridized carbons (Fsp3) is 0.211. The molecule has 1 saturated heterocycles. The van der Waals surface area contributed by atoms with Gasteiger partial charge in [-0.1, -0.05) is 6.07 Å². The van der Waals surface area contributed by atoms with Crippen molar-refractivity contribution in [3.63, 3.8) is 0 Å². The third kappa shape index (κ3) is 3.38. The number of hydrogen-bond donors (Lipinski definition) is 0. The number of carbonyl (C=O) groups excluding carboxylic acids is 3. The van der Waals surface area contributed by atoms with Gasteiger partial charge < -0.3 is 9.47 Å². The summed E-state index contributed by atoms with van der Waals surface area (Å²) < 4.78 is 10.6. The number of nitrogens with zero attached hydrogens (tertiary/aromatic N) is 1. The van der Waals surface area contributed by atoms with Gasteiger partial charge in [-0.15, -0.1) is 0 Å². The quantitative estimate of drug-likeness (QED) is 0.486. The Morgan fingerprint density at radius 3 is 2.20 bits per heavy atom. The number of esters is 1. The van der Waals surface area contributed by atoms with Gasteiger partial charge in [-0.05, 0) is 48.9 Å². The molecular formula is C19H17NO5. The molecule has 1 aliphatic heterocycles. The largest absolute Gasteiger partial charge is 0.493 e. The van der Waals surface area contributed by atoms with Crippen molar-refractivity contribution in [1.82, 2.24) is 0 Å². The summed E-state index contributed by atoms with van der Waals surface area (Å²) in [4.78, 5) is 36.9. The lowest BCUT2D eigenvalue weighted by molar-refractivity contribution is -0.121. The Kier molecular flexibility index (Phi) is 4.52. The third-order valence-electron chi connectivity index (χ3n) is 3.93. The molecule has 0 radical (unpaired) electrons. The van der Waals surface area contributed by atoms with Crippen molar-refractivity contribution < 1.29 is 23.9 Å². The average molecular weight is 339 g/mol. The number of hydrogen-bond acceptors (Lipinski definition) is 5. The molecule has 0 N–H and O–H groups in total. The fourth-order valence-corrected chi connectivity index (χ4v) is 2.63. The molecule has 1 aliphatic rings. The third-order valence-corrected chi connectivity index (χ3v) is 3.93. The number of anilines is 1. The van der Waals surface area contributed by atoms with Gasteiger partial charge in [-0.2, -0.15) is 0 Å². The number of aryl methyl sites for hydroxylation is 1. The van der Waals surface area contributed by atoms with Crippen LogP contribution in [0, 0.1) is 6.92 Å². The standard InChI is InChI=1S/C19H17NO5/c1-12-3-8-15(16(11-12)24-2)25-19(23)13-4-6-14(7-5-13)20-17(21)9-10-18(20)22/h3-8,11H,9-10H2,1-2H3. The molecule has 6 heteroatoms. The van der Waals surface area contributed by atoms with Crippen molar-refractivity contribution in [3.8, 4) is 11.5 Å². The van der Waals surface area contributed by atoms with E-state index in [1.807, 2.05) is 13.0 Å². The zero-order valence-corrected chi connectivity index (χ0v) is 13.9. The topological polar surface area (TPSA) is 72.9 Å². The number of rotatable bonds is 4. The van der Waals surface area contributed by atoms with Crippen molar-refractivity contribution in [2.45, 2.75) is 19.8 Å². The number of imide groups is 1. The molecule has 0 aromatic heterocycles. The van der Waals surface area contributed by atoms with Gasteiger partial charge in [0.05, 0.1) is 18.4 Å². The van der Waals surface area contributed by atoms with Crippen LogP contribution in [0.1, 0.15) is 28.8 Å². The molecule has 0 atom stereocenters. The number of methoxy groups -OCH3 is 1. The molecule has 0 aliphatic carbocycles. The first-order chi connectivity index (χ1) is 12.0. The van der Waals surface area contributed by atoms with Crippen LogP contribution in [0.3, 0.4) is 0 Å². The highest BCUT2D eigenvalue weighted by molar-refractivity contribution is 6.19. The van der Waals surface area contributed by atoms with Gasteiger partial charge in [0.25, 0.3) is 0 Å². The molecule has 0 unspecified atom stereocenters. The lowest BCUT2D eigenvalue weighted by Crippen LogP contribution is -2.28. The molecule has 3 rings (SSSR count). The average Bonchev–Trinajstić information content (AvgIpc) is 2.95. The second-order valence-corrected chi connectivity index (χ2v) is 5.71. The molecule has 6 nitrogen and oxygen atoms in total. The SMILES string of the molecule is COc1cc(C)ccc1OC(=O)c1ccc(N2C(=O)CCC2=O)cc1. The predicted octanol–water partition coefficient (Wildman–Crippen LogP) is 2.88. The minimum atomic E-state index is -0.548. The summed E-state index contributed by atoms with van der Waals surface area (Å²) in [5.74, 6) is -0.215. The lowest BCUT2D eigenvalue weighted by Gasteiger charge is -2.14. The van der Waals surface area contributed by atoms with E-state index in [1.165, 1.54) is 19.2 Å². The number of ether oxygens (including phenoxy) is 2. The molecule has 25 heavy (non-hydrogen) atoms. The Labute approximate surface area is 145 Å². The van der Waals surface area contributed by atoms with Crippen LogP contribution in [0.2, 0.25) is 0 Å². The summed E-state index contributed by atoms with van der Waals surface area (Å²) in [6.45, 7) is 1.91. The Morgan fingerprint density at radius 2 is 1.60 bits per heavy atom. The van der Waals surface area contributed by atoms with Gasteiger partial charge in [-0.25, -0.2) is 4.79 Å². The van der Waals surface area contributed by atoms with E-state index in [4.69, 9.17) is 9.47 Å². The smallest absolute Gasteiger partial charge is 0.343 e. The van der Waals surface area contributed by atoms with Crippen LogP contribution in [0.4, 0.5) is 5.69 Å². The summed E-state index contributed by atoms with van der Waals surface area (Å²) in [6, 6.07) is 11.4. The van der Waals surface area contributed by atoms with Crippen molar-refractivity contribution in [2.75, 3.05) is 12.0 Å². The lowest BCUT2D eigenvalue weighted by atomic mass is 10.2. The molecule has 0 saturated carbocycles. The van der Waals surface area contributed by atoms with Gasteiger partial charge in [0.1, 0.15) is 0 Å². The van der Waals surface area contributed by atoms with E-state index in [2.05, 4.69) is 0 Å². The minimum absolute atomic E-state index is 0.218. The van der Waals surface area contributed by atoms with Crippen LogP contribution >= 0.6 is 0 Å². The van der Waals surface area contributed by atoms with Crippen LogP contribution in [0.25, 0.3) is 0 Å². The van der Waals surface area contributed by atoms with Gasteiger partial charge in [0.15, 0.2) is 11.5 Å². The molecule has 128 valence electrons. The highest BCUT2D eigenvalue weighted by atomic mass is 16.6. The van der Waals surface area contributed by atoms with E-state index < -0.39 is 5.97 Å². The first-order valence-corrected chi connectivity index (χ1v) is 7.82. The molecule has 0 spiro atoms. The van der Waals surface area contributed by atoms with Gasteiger partial charge >= 0.3 is 5.97 Å². The molecule has 2 aromatic carbocycles. The maximum atomic E-state index is 12.3. The summed E-state index contributed by atoms with van der Waals surface area (Å²) >= 11 is 0. The van der Waals surface area contributed by atoms with Gasteiger partial charge in [0, 0.05) is 12.8 Å². The number of benzene rings is 2. The van der Waals surface area contributed by atoms with E-state index >= 15 is 0 Å². The molecule has 1 heterocycles. The Morgan fingerprint density at radius 1 is 0.960 bits per heavy atom. The Bertz CT molecular complexity index is 825. The fourth-order valence-electron chi connectivity index (χ4n) is 2.63. The first kappa shape index (κ1) is 16.7. The van der Waals surface area contributed by atoms with Crippen molar-refractivity contribution in [3.05, 3.63) is 53.6 Å². The normalized spacial score (nSPS) is 13.9. The monoisotopic (exact) mass is 339 g/mol. The summed E-state index contributed by atoms with van der Waals surface area (Å²) in [7, 11) is 1.50. The summed E-state index contributed by atoms with van der Waals surface area (Å²) in [5, 5.41) is 0. The zero-order chi connectivity index (χ0) is 18.0. The predicted molar refractivity (Wildman–Crippen MR) is 90.9 cm³/mol. The van der Waals surface area contributed by atoms with Crippen molar-refractivity contribution >= 4 is 23.5 Å². The molecule has 1 fully saturated rings. The minimum Gasteiger partial charge on any atom is -0.493 e. The summed E-state index contributed by atoms with van der Waals surface area (Å²) in [5.41, 5.74) is 1.75. The van der Waals surface area contributed by atoms with Crippen LogP contribution in [0.5, 0.6) is 11.5 Å². The highest BCUT2D eigenvalue weighted by Gasteiger charge is 2.30. The zero-order valence-electron chi connectivity index (χ0n) is 13.9. The number of amides is 2. The van der Waals surface area contributed by atoms with E-state index in [0.29, 0.717) is 22.7 Å². The Hall–Kier alpha value is -3.15. The van der Waals surface area contributed by atoms with Crippen LogP contribution in [-0.2, 0) is 9.59 Å². The second-order valence-electron chi connectivity index (χ2n) is 5.71. The number of carbonyl (C=O) groups is 3. The maximum Gasteiger partial charge on any atom is 0.343 e. The maximum absolute atomic E-state index is 12.3. The second kappa shape index (κ2) is 6.76. The van der Waals surface area contributed by atoms with Crippen molar-refractivity contribution in [2.24, 2.45) is 0 Å². The van der Waals surface area contributed by atoms with E-state index in [1.54, 1.807) is 24.3 Å². The summed E-state index contributed by atoms with van der Waals surface area (Å²) in [6.07, 6.45) is 0.436. The Balaban J connectivity index is 1.77. The molecule has 2 aromatic rings. The van der Waals surface area contributed by atoms with E-state index in [0.717, 1.165) is 10.5 Å². The van der Waals surface area contributed by atoms with Crippen LogP contribution in [0.15, 0.2) is 42.5 Å². The highest BCUT2D eigenvalue weighted by Crippen LogP contribution is 2.29. The van der Waals surface area contributed by atoms with Gasteiger partial charge in [0.2, 0.25) is 11.8 Å². The van der Waals surface area contributed by atoms with Gasteiger partial charge in [-0.3, -0.25) is 14.5 Å². The molecular weight excluding hydrogens is 322 g/mol. The van der Waals surface area contributed by atoms with Crippen LogP contribution < -0.4 is 14.4 Å². The molecule has 0 bridgehead atoms. The van der Waals surface area contributed by atoms with E-state index in [9.17, 15) is 14.4 Å². The molecule has 2 amide bonds.